The van der Waals surface area contributed by atoms with Crippen LogP contribution >= 0.6 is 0 Å². The Morgan fingerprint density at radius 3 is 1.00 bits per heavy atom. The molecular weight excluding hydrogens is 1160 g/mol. The largest absolute Gasteiger partial charge is 0.394 e. The van der Waals surface area contributed by atoms with Crippen molar-refractivity contribution in [1.82, 2.24) is 5.32 Å². The summed E-state index contributed by atoms with van der Waals surface area (Å²) in [6.07, 6.45) is 63.2. The van der Waals surface area contributed by atoms with Gasteiger partial charge in [-0.3, -0.25) is 4.79 Å². The summed E-state index contributed by atoms with van der Waals surface area (Å²) in [4.78, 5) is 13.3. The van der Waals surface area contributed by atoms with Crippen LogP contribution < -0.4 is 5.32 Å². The highest BCUT2D eigenvalue weighted by Gasteiger charge is 2.51. The van der Waals surface area contributed by atoms with E-state index in [-0.39, 0.29) is 18.9 Å². The minimum atomic E-state index is -1.79. The molecule has 546 valence electrons. The summed E-state index contributed by atoms with van der Waals surface area (Å²) in [6, 6.07) is -0.911. The number of nitrogens with one attached hydrogen (secondary N) is 1. The van der Waals surface area contributed by atoms with Gasteiger partial charge in [-0.1, -0.05) is 373 Å². The lowest BCUT2D eigenvalue weighted by Crippen LogP contribution is -2.65. The maximum Gasteiger partial charge on any atom is 0.220 e. The topological polar surface area (TPSA) is 228 Å². The molecule has 2 rings (SSSR count). The summed E-state index contributed by atoms with van der Waals surface area (Å²) in [5.74, 6) is -0.230. The van der Waals surface area contributed by atoms with E-state index in [4.69, 9.17) is 18.9 Å². The molecule has 0 bridgehead atoms. The van der Waals surface area contributed by atoms with Gasteiger partial charge in [0.25, 0.3) is 0 Å². The Balaban J connectivity index is 1.53. The highest BCUT2D eigenvalue weighted by molar-refractivity contribution is 5.76. The smallest absolute Gasteiger partial charge is 0.220 e. The van der Waals surface area contributed by atoms with Crippen molar-refractivity contribution >= 4 is 5.91 Å². The second-order valence-electron chi connectivity index (χ2n) is 28.6. The molecule has 1 amide bonds. The molecule has 0 radical (unpaired) electrons. The Morgan fingerprint density at radius 2 is 0.674 bits per heavy atom. The van der Waals surface area contributed by atoms with Gasteiger partial charge in [0.2, 0.25) is 5.91 Å². The van der Waals surface area contributed by atoms with Crippen LogP contribution in [-0.4, -0.2) is 140 Å². The summed E-state index contributed by atoms with van der Waals surface area (Å²) in [7, 11) is 0. The van der Waals surface area contributed by atoms with E-state index in [1.165, 1.54) is 321 Å². The minimum absolute atomic E-state index is 0.230. The molecule has 0 aromatic rings. The molecule has 12 unspecified atom stereocenters. The van der Waals surface area contributed by atoms with Gasteiger partial charge in [0.15, 0.2) is 12.6 Å². The molecule has 0 aromatic heterocycles. The molecule has 12 atom stereocenters. The molecule has 2 heterocycles. The number of hydrogen-bond donors (Lipinski definition) is 9. The molecule has 2 saturated heterocycles. The molecule has 0 aliphatic carbocycles. The van der Waals surface area contributed by atoms with E-state index in [9.17, 15) is 45.6 Å². The van der Waals surface area contributed by atoms with Gasteiger partial charge in [-0.2, -0.15) is 0 Å². The first kappa shape index (κ1) is 86.8. The maximum absolute atomic E-state index is 13.3. The molecule has 2 aliphatic heterocycles. The molecule has 14 nitrogen and oxygen atoms in total. The first-order valence-electron chi connectivity index (χ1n) is 39.9. The van der Waals surface area contributed by atoms with Crippen molar-refractivity contribution in [3.8, 4) is 0 Å². The first-order valence-corrected chi connectivity index (χ1v) is 39.9. The average Bonchev–Trinajstić information content (AvgIpc) is 0.835. The summed E-state index contributed by atoms with van der Waals surface area (Å²) < 4.78 is 22.9. The third-order valence-electron chi connectivity index (χ3n) is 20.0. The summed E-state index contributed by atoms with van der Waals surface area (Å²) >= 11 is 0. The Labute approximate surface area is 565 Å². The number of allylic oxidation sites excluding steroid dienone is 1. The van der Waals surface area contributed by atoms with Gasteiger partial charge in [0, 0.05) is 6.42 Å². The molecule has 14 heteroatoms. The number of hydrogen-bond acceptors (Lipinski definition) is 13. The number of ether oxygens (including phenoxy) is 4. The fourth-order valence-electron chi connectivity index (χ4n) is 13.7. The lowest BCUT2D eigenvalue weighted by Gasteiger charge is -2.46. The molecule has 9 N–H and O–H groups in total. The third kappa shape index (κ3) is 46.1. The van der Waals surface area contributed by atoms with Crippen LogP contribution in [-0.2, 0) is 23.7 Å². The highest BCUT2D eigenvalue weighted by atomic mass is 16.7. The number of carbonyl (C=O) groups excluding carboxylic acids is 1. The van der Waals surface area contributed by atoms with E-state index < -0.39 is 86.8 Å². The summed E-state index contributed by atoms with van der Waals surface area (Å²) in [5, 5.41) is 87.5. The number of unbranched alkanes of at least 4 members (excludes halogenated alkanes) is 55. The zero-order valence-corrected chi connectivity index (χ0v) is 59.8. The van der Waals surface area contributed by atoms with E-state index in [1.54, 1.807) is 6.08 Å². The number of aliphatic hydroxyl groups is 8. The van der Waals surface area contributed by atoms with Crippen LogP contribution in [0, 0.1) is 0 Å². The number of carbonyl (C=O) groups is 1. The standard InChI is InChI=1S/C78H151NO13/c1-3-5-7-9-11-13-15-17-19-21-22-23-24-25-26-27-28-29-30-31-32-33-34-35-36-37-38-39-40-41-42-43-44-46-48-50-52-54-56-58-60-62-70(83)79-66(67(82)61-59-57-55-53-51-49-47-45-20-18-16-14-12-10-8-6-4-2)65-89-77-75(88)73(86)76(69(64-81)91-77)92-78-74(87)72(85)71(84)68(63-80)90-78/h59,61,66-69,71-78,80-82,84-88H,3-58,60,62-65H2,1-2H3,(H,79,83)/b61-59+. The quantitative estimate of drug-likeness (QED) is 0.0204. The molecule has 92 heavy (non-hydrogen) atoms. The Bertz CT molecular complexity index is 1590. The SMILES string of the molecule is CCCCCCCCCCCCCCCCC/C=C/C(O)C(COC1OC(CO)C(OC2OC(CO)C(O)C(O)C2O)C(O)C1O)NC(=O)CCCCCCCCCCCCCCCCCCCCCCCCCCCCCCCCCCCCCCCCCCC. The van der Waals surface area contributed by atoms with Gasteiger partial charge in [-0.15, -0.1) is 0 Å². The van der Waals surface area contributed by atoms with Crippen molar-refractivity contribution in [3.05, 3.63) is 12.2 Å². The molecule has 2 aliphatic rings. The van der Waals surface area contributed by atoms with Gasteiger partial charge in [-0.25, -0.2) is 0 Å². The summed E-state index contributed by atoms with van der Waals surface area (Å²) in [5.41, 5.74) is 0. The van der Waals surface area contributed by atoms with Crippen LogP contribution in [0.5, 0.6) is 0 Å². The predicted octanol–water partition coefficient (Wildman–Crippen LogP) is 17.7. The average molecular weight is 1310 g/mol. The van der Waals surface area contributed by atoms with Gasteiger partial charge >= 0.3 is 0 Å². The van der Waals surface area contributed by atoms with Crippen molar-refractivity contribution in [2.75, 3.05) is 19.8 Å². The van der Waals surface area contributed by atoms with Crippen molar-refractivity contribution in [2.45, 2.75) is 460 Å². The van der Waals surface area contributed by atoms with Crippen molar-refractivity contribution < 1.29 is 64.6 Å². The van der Waals surface area contributed by atoms with Gasteiger partial charge in [0.05, 0.1) is 32.0 Å². The monoisotopic (exact) mass is 1310 g/mol. The van der Waals surface area contributed by atoms with Gasteiger partial charge in [0.1, 0.15) is 48.8 Å². The second kappa shape index (κ2) is 63.2. The normalized spacial score (nSPS) is 22.6. The van der Waals surface area contributed by atoms with E-state index >= 15 is 0 Å². The zero-order valence-electron chi connectivity index (χ0n) is 59.8. The summed E-state index contributed by atoms with van der Waals surface area (Å²) in [6.45, 7) is 2.86. The zero-order chi connectivity index (χ0) is 66.6. The minimum Gasteiger partial charge on any atom is -0.394 e. The van der Waals surface area contributed by atoms with E-state index in [0.717, 1.165) is 44.9 Å². The van der Waals surface area contributed by atoms with Gasteiger partial charge < -0.3 is 65.1 Å². The van der Waals surface area contributed by atoms with Crippen molar-refractivity contribution in [2.24, 2.45) is 0 Å². The van der Waals surface area contributed by atoms with Crippen LogP contribution in [0.25, 0.3) is 0 Å². The Hall–Kier alpha value is -1.27. The van der Waals surface area contributed by atoms with Crippen molar-refractivity contribution in [1.29, 1.82) is 0 Å². The Morgan fingerprint density at radius 1 is 0.380 bits per heavy atom. The van der Waals surface area contributed by atoms with Gasteiger partial charge in [-0.05, 0) is 19.3 Å². The highest BCUT2D eigenvalue weighted by Crippen LogP contribution is 2.30. The number of amides is 1. The fourth-order valence-corrected chi connectivity index (χ4v) is 13.7. The van der Waals surface area contributed by atoms with E-state index in [2.05, 4.69) is 19.2 Å². The molecule has 2 fully saturated rings. The lowest BCUT2D eigenvalue weighted by atomic mass is 9.97. The second-order valence-corrected chi connectivity index (χ2v) is 28.6. The van der Waals surface area contributed by atoms with Crippen LogP contribution in [0.3, 0.4) is 0 Å². The maximum atomic E-state index is 13.3. The number of rotatable bonds is 68. The Kier molecular flexibility index (Phi) is 59.6. The molecular formula is C78H151NO13. The molecule has 0 aromatic carbocycles. The third-order valence-corrected chi connectivity index (χ3v) is 20.0. The van der Waals surface area contributed by atoms with Crippen LogP contribution in [0.2, 0.25) is 0 Å². The molecule has 0 spiro atoms. The lowest BCUT2D eigenvalue weighted by molar-refractivity contribution is -0.359. The molecule has 0 saturated carbocycles. The first-order chi connectivity index (χ1) is 45.1. The van der Waals surface area contributed by atoms with Crippen LogP contribution in [0.15, 0.2) is 12.2 Å². The van der Waals surface area contributed by atoms with Crippen LogP contribution in [0.1, 0.15) is 386 Å². The van der Waals surface area contributed by atoms with Crippen molar-refractivity contribution in [3.63, 3.8) is 0 Å². The van der Waals surface area contributed by atoms with Crippen LogP contribution in [0.4, 0.5) is 0 Å². The van der Waals surface area contributed by atoms with E-state index in [1.807, 2.05) is 6.08 Å². The fraction of sp³-hybridized carbons (Fsp3) is 0.962. The van der Waals surface area contributed by atoms with E-state index in [0.29, 0.717) is 0 Å². The predicted molar refractivity (Wildman–Crippen MR) is 379 cm³/mol. The number of aliphatic hydroxyl groups excluding tert-OH is 8.